The Balaban J connectivity index is 0.000000192. The molecule has 0 spiro atoms. The van der Waals surface area contributed by atoms with E-state index in [-0.39, 0.29) is 115 Å². The molecule has 0 saturated carbocycles. The van der Waals surface area contributed by atoms with Crippen LogP contribution in [0.15, 0.2) is 186 Å². The lowest BCUT2D eigenvalue weighted by Gasteiger charge is -2.23. The molecule has 7 saturated heterocycles. The maximum absolute atomic E-state index is 12.6. The number of alkyl halides is 3. The van der Waals surface area contributed by atoms with Gasteiger partial charge in [-0.2, -0.15) is 31.6 Å². The first-order chi connectivity index (χ1) is 67.1. The van der Waals surface area contributed by atoms with Gasteiger partial charge in [-0.1, -0.05) is 144 Å². The highest BCUT2D eigenvalue weighted by molar-refractivity contribution is 7.87. The topological polar surface area (TPSA) is 651 Å². The first-order valence-electron chi connectivity index (χ1n) is 43.5. The van der Waals surface area contributed by atoms with Crippen LogP contribution in [0.2, 0.25) is 0 Å². The molecule has 4 aromatic heterocycles. The van der Waals surface area contributed by atoms with Crippen molar-refractivity contribution in [3.05, 3.63) is 251 Å². The van der Waals surface area contributed by atoms with Crippen molar-refractivity contribution in [1.82, 2.24) is 29.1 Å². The molecular formula is C90H110F3N17O30S3. The highest BCUT2D eigenvalue weighted by Gasteiger charge is 2.54. The molecule has 8 N–H and O–H groups in total. The zero-order valence-electron chi connectivity index (χ0n) is 77.2. The number of esters is 5. The van der Waals surface area contributed by atoms with Crippen molar-refractivity contribution in [1.29, 1.82) is 0 Å². The molecule has 774 valence electrons. The van der Waals surface area contributed by atoms with Crippen LogP contribution >= 0.6 is 22.7 Å². The number of benzene rings is 5. The Morgan fingerprint density at radius 2 is 0.797 bits per heavy atom. The third kappa shape index (κ3) is 29.5. The van der Waals surface area contributed by atoms with E-state index in [1.54, 1.807) is 130 Å². The van der Waals surface area contributed by atoms with Gasteiger partial charge in [-0.3, -0.25) is 42.5 Å². The van der Waals surface area contributed by atoms with Gasteiger partial charge in [0.2, 0.25) is 11.9 Å². The maximum atomic E-state index is 12.6. The fourth-order valence-electron chi connectivity index (χ4n) is 15.4. The van der Waals surface area contributed by atoms with Crippen LogP contribution in [0.25, 0.3) is 52.0 Å². The molecule has 0 aliphatic carbocycles. The van der Waals surface area contributed by atoms with Crippen LogP contribution in [0.1, 0.15) is 173 Å². The van der Waals surface area contributed by atoms with Crippen LogP contribution in [0.4, 0.5) is 25.1 Å². The number of carbonyl (C=O) groups is 5. The third-order valence-electron chi connectivity index (χ3n) is 22.4. The summed E-state index contributed by atoms with van der Waals surface area (Å²) in [5.74, 6) is -3.23. The minimum atomic E-state index is -5.81. The Labute approximate surface area is 822 Å². The molecule has 53 heteroatoms. The number of nitrogens with zero attached hydrogens (tertiary/aromatic N) is 13. The molecule has 11 heterocycles. The van der Waals surface area contributed by atoms with Crippen LogP contribution in [-0.4, -0.2) is 245 Å². The number of halogens is 3. The Morgan fingerprint density at radius 1 is 0.483 bits per heavy atom. The molecule has 9 aromatic rings. The smallest absolute Gasteiger partial charge is 0.456 e. The number of aromatic nitrogens is 6. The summed E-state index contributed by atoms with van der Waals surface area (Å²) >= 11 is 1.38. The standard InChI is InChI=1S/C18H17N7O5S.C16H20O5.C15H17F3O7S.C14H17N3O4.C14H18O5.C11H13N7O4S.2CH4/c1-8(29-16(27)9-5-3-2-4-6-9)11-7-10(23-24-20)15(30-11)25-13-12(31-18(25)28)14(26)22-17(19)21-13;1-10(18-14(17)11-7-5-4-6-8-11)12-9-13-15(19-12)21-16(2,3)20-13;1-9(23-13(19)10-6-4-3-5-7-10)11-8-12(14(22-2)24-11)25-26(20,21)15(16,17)18;1-9(20-13(18)10-6-4-3-5-7-10)12-8-11(16-17-15)14(19-2)21-12;1-9(12-8-11(15)14(17-2)19-12)18-13(16)10-6-4-3-5-7-10;1-3(19)5-2-4(16-17-13)9(22-5)18-7-6(23-11(18)21)8(20)15-10(12)14-7;;/h2-6,8,10-11,15H,7H2,1H3,(H3,19,21,22,26);4-8,10,12-13,15H,9H2,1-3H3;3-7,9,11-12,14H,8H2,1-2H3;3-7,9,11-12,14H,8H2,1-2H3;3-7,9,11-12,14-15H,8H2,1-2H3;3-5,9,19H,2H2,1H3,(H3,12,14,15,20);2*1H4/t8?,10-,11+,15-;10?,12-,13-,15-;9?,11-,12-,14?;9?,11-,12+,14?;9?,11-,12-,14?;3?,4-,5+,9-;;/m100101../s1. The number of hydrogen-bond acceptors (Lipinski definition) is 39. The molecule has 7 fully saturated rings. The second-order valence-corrected chi connectivity index (χ2v) is 36.3. The van der Waals surface area contributed by atoms with Crippen molar-refractivity contribution in [2.45, 2.75) is 267 Å². The zero-order valence-corrected chi connectivity index (χ0v) is 79.6. The van der Waals surface area contributed by atoms with Gasteiger partial charge in [-0.15, -0.1) is 0 Å². The first kappa shape index (κ1) is 114. The summed E-state index contributed by atoms with van der Waals surface area (Å²) < 4.78 is 153. The van der Waals surface area contributed by atoms with Crippen LogP contribution in [-0.2, 0) is 90.1 Å². The second kappa shape index (κ2) is 51.5. The van der Waals surface area contributed by atoms with Gasteiger partial charge in [0.1, 0.15) is 89.0 Å². The van der Waals surface area contributed by atoms with Crippen LogP contribution in [0.3, 0.4) is 0 Å². The van der Waals surface area contributed by atoms with Crippen molar-refractivity contribution in [2.75, 3.05) is 32.8 Å². The van der Waals surface area contributed by atoms with E-state index in [2.05, 4.69) is 54.2 Å². The number of ether oxygens (including phenoxy) is 16. The molecule has 5 aromatic carbocycles. The Bertz CT molecular complexity index is 6290. The number of rotatable bonds is 26. The Hall–Kier alpha value is -12.7. The van der Waals surface area contributed by atoms with Gasteiger partial charge in [0.05, 0.1) is 70.4 Å². The molecule has 16 rings (SSSR count). The second-order valence-electron chi connectivity index (χ2n) is 32.8. The van der Waals surface area contributed by atoms with Crippen molar-refractivity contribution >= 4 is 95.2 Å². The molecule has 47 nitrogen and oxygen atoms in total. The number of fused-ring (bicyclic) bond motifs is 3. The van der Waals surface area contributed by atoms with E-state index in [1.165, 1.54) is 40.2 Å². The minimum Gasteiger partial charge on any atom is -0.456 e. The van der Waals surface area contributed by atoms with E-state index >= 15 is 0 Å². The SMILES string of the molecule is C.C.CC(O)[C@@H]1C[C@@H](N=[N+]=[N-])[C@H](n2c(=O)sc3c(=O)[nH]c(N)nc32)O1.CC(OC(=O)c1ccccc1)[C@@H]1C[C@@H](N=[N+]=[N-])[C@H](n2c(=O)sc3c(=O)[nH]c(N)nc32)O1.CC(OC(=O)c1ccccc1)[C@@H]1C[C@@H]2OC(C)(C)O[C@@H]2O1.COC1O[C@H](C(C)OC(=O)c2ccccc2)C[C@@H]1O.COC1O[C@H](C(C)OC(=O)c2ccccc2)C[C@@H]1OS(=O)(=O)C(F)(F)F.COC1O[C@H](C(C)OC(=O)c2ccccc2)C[C@H]1N=[N+]=[N-]. The lowest BCUT2D eigenvalue weighted by Crippen LogP contribution is -2.34. The molecule has 0 bridgehead atoms. The average molecular weight is 2060 g/mol. The monoisotopic (exact) mass is 2060 g/mol. The summed E-state index contributed by atoms with van der Waals surface area (Å²) in [4.78, 5) is 129. The Kier molecular flexibility index (Phi) is 41.0. The van der Waals surface area contributed by atoms with Gasteiger partial charge in [0, 0.05) is 55.3 Å². The minimum absolute atomic E-state index is 0. The van der Waals surface area contributed by atoms with E-state index in [0.29, 0.717) is 64.2 Å². The number of aliphatic hydroxyl groups excluding tert-OH is 2. The quantitative estimate of drug-likeness (QED) is 0.00558. The van der Waals surface area contributed by atoms with Crippen LogP contribution in [0, 0.1) is 0 Å². The third-order valence-corrected chi connectivity index (χ3v) is 25.4. The highest BCUT2D eigenvalue weighted by atomic mass is 32.2. The lowest BCUT2D eigenvalue weighted by atomic mass is 10.1. The van der Waals surface area contributed by atoms with Crippen molar-refractivity contribution in [3.8, 4) is 0 Å². The fourth-order valence-corrected chi connectivity index (χ4v) is 17.7. The summed E-state index contributed by atoms with van der Waals surface area (Å²) in [5.41, 5.74) is 33.0. The van der Waals surface area contributed by atoms with Crippen molar-refractivity contribution < 1.29 is 136 Å². The summed E-state index contributed by atoms with van der Waals surface area (Å²) in [6, 6.07) is 41.1. The number of hydrogen-bond donors (Lipinski definition) is 6. The van der Waals surface area contributed by atoms with Crippen LogP contribution in [0.5, 0.6) is 0 Å². The predicted octanol–water partition coefficient (Wildman–Crippen LogP) is 12.0. The summed E-state index contributed by atoms with van der Waals surface area (Å²) in [6.45, 7) is 13.7. The molecule has 143 heavy (non-hydrogen) atoms. The average Bonchev–Trinajstić information content (AvgIpc) is 1.60. The number of nitrogen functional groups attached to an aromatic ring is 2. The molecule has 7 aliphatic rings. The largest absolute Gasteiger partial charge is 0.523 e. The lowest BCUT2D eigenvalue weighted by molar-refractivity contribution is -0.213. The van der Waals surface area contributed by atoms with Crippen molar-refractivity contribution in [2.24, 2.45) is 15.3 Å². The van der Waals surface area contributed by atoms with Gasteiger partial charge in [-0.05, 0) is 152 Å². The van der Waals surface area contributed by atoms with Crippen LogP contribution < -0.4 is 32.3 Å². The number of carbonyl (C=O) groups excluding carboxylic acids is 5. The van der Waals surface area contributed by atoms with E-state index in [1.807, 2.05) is 51.1 Å². The number of azide groups is 3. The van der Waals surface area contributed by atoms with Gasteiger partial charge >= 0.3 is 55.2 Å². The van der Waals surface area contributed by atoms with Gasteiger partial charge in [0.15, 0.2) is 42.2 Å². The summed E-state index contributed by atoms with van der Waals surface area (Å²) in [6.07, 6.45) is -12.3. The Morgan fingerprint density at radius 3 is 1.14 bits per heavy atom. The normalized spacial score (nSPS) is 25.5. The molecule has 0 amide bonds. The fraction of sp³-hybridized carbons (Fsp3) is 0.500. The number of methoxy groups -OCH3 is 3. The first-order valence-corrected chi connectivity index (χ1v) is 46.6. The summed E-state index contributed by atoms with van der Waals surface area (Å²) in [7, 11) is -1.73. The number of nitrogens with one attached hydrogen (secondary N) is 2. The number of aromatic amines is 2. The summed E-state index contributed by atoms with van der Waals surface area (Å²) in [5, 5.41) is 30.4. The molecule has 9 unspecified atom stereocenters. The van der Waals surface area contributed by atoms with Gasteiger partial charge in [-0.25, -0.2) is 24.0 Å². The number of nitrogens with two attached hydrogens (primary N) is 2. The number of H-pyrrole nitrogens is 2. The highest BCUT2D eigenvalue weighted by Crippen LogP contribution is 2.41. The predicted molar refractivity (Wildman–Crippen MR) is 505 cm³/mol. The molecular weight excluding hydrogens is 1950 g/mol. The maximum Gasteiger partial charge on any atom is 0.523 e. The number of aliphatic hydroxyl groups is 2. The van der Waals surface area contributed by atoms with Gasteiger partial charge < -0.3 is 97.5 Å². The van der Waals surface area contributed by atoms with E-state index in [4.69, 9.17) is 104 Å². The molecule has 7 aliphatic heterocycles. The van der Waals surface area contributed by atoms with E-state index in [0.717, 1.165) is 16.2 Å². The van der Waals surface area contributed by atoms with E-state index in [9.17, 15) is 75.0 Å². The number of anilines is 2. The number of thiazole rings is 2. The van der Waals surface area contributed by atoms with E-state index < -0.39 is 177 Å². The van der Waals surface area contributed by atoms with Crippen molar-refractivity contribution in [3.63, 3.8) is 0 Å². The van der Waals surface area contributed by atoms with Gasteiger partial charge in [0.25, 0.3) is 11.1 Å². The molecule has 24 atom stereocenters. The molecule has 0 radical (unpaired) electrons. The zero-order chi connectivity index (χ0) is 102.